The van der Waals surface area contributed by atoms with Crippen molar-refractivity contribution < 1.29 is 0 Å². The highest BCUT2D eigenvalue weighted by Gasteiger charge is 1.83. The van der Waals surface area contributed by atoms with Crippen molar-refractivity contribution in [2.24, 2.45) is 0 Å². The standard InChI is InChI=1S/C8H18.Si/c1-3-5-7-8-6-4-2;/h3-8H2,1-2H3;. The van der Waals surface area contributed by atoms with Gasteiger partial charge in [-0.2, -0.15) is 0 Å². The highest BCUT2D eigenvalue weighted by molar-refractivity contribution is 5.75. The number of hydrogen-bond donors (Lipinski definition) is 0. The molecule has 0 unspecified atom stereocenters. The molecule has 0 nitrogen and oxygen atoms in total. The summed E-state index contributed by atoms with van der Waals surface area (Å²) < 4.78 is 0. The number of rotatable bonds is 5. The monoisotopic (exact) mass is 142 g/mol. The van der Waals surface area contributed by atoms with Crippen molar-refractivity contribution >= 4 is 11.0 Å². The van der Waals surface area contributed by atoms with E-state index in [4.69, 9.17) is 0 Å². The third kappa shape index (κ3) is 11.7. The van der Waals surface area contributed by atoms with E-state index in [1.54, 1.807) is 0 Å². The summed E-state index contributed by atoms with van der Waals surface area (Å²) in [4.78, 5) is 0. The van der Waals surface area contributed by atoms with Crippen LogP contribution in [-0.2, 0) is 0 Å². The zero-order valence-electron chi connectivity index (χ0n) is 6.74. The van der Waals surface area contributed by atoms with Crippen molar-refractivity contribution in [1.82, 2.24) is 0 Å². The maximum atomic E-state index is 2.26. The summed E-state index contributed by atoms with van der Waals surface area (Å²) in [6.45, 7) is 4.51. The molecular formula is C8H18Si. The maximum Gasteiger partial charge on any atom is 0 e. The fourth-order valence-corrected chi connectivity index (χ4v) is 0.854. The summed E-state index contributed by atoms with van der Waals surface area (Å²) in [6.07, 6.45) is 8.49. The Hall–Kier alpha value is 0.217. The van der Waals surface area contributed by atoms with Gasteiger partial charge in [0, 0.05) is 11.0 Å². The predicted octanol–water partition coefficient (Wildman–Crippen LogP) is 2.99. The minimum atomic E-state index is 0. The molecule has 0 aromatic heterocycles. The Morgan fingerprint density at radius 2 is 1.00 bits per heavy atom. The van der Waals surface area contributed by atoms with Crippen molar-refractivity contribution in [3.05, 3.63) is 0 Å². The third-order valence-corrected chi connectivity index (χ3v) is 1.46. The Morgan fingerprint density at radius 3 is 1.22 bits per heavy atom. The lowest BCUT2D eigenvalue weighted by Gasteiger charge is -1.93. The Labute approximate surface area is 64.1 Å². The van der Waals surface area contributed by atoms with Crippen LogP contribution in [0.5, 0.6) is 0 Å². The minimum Gasteiger partial charge on any atom is -0.0654 e. The molecule has 9 heavy (non-hydrogen) atoms. The largest absolute Gasteiger partial charge is 0.0654 e. The van der Waals surface area contributed by atoms with Gasteiger partial charge in [-0.25, -0.2) is 0 Å². The van der Waals surface area contributed by atoms with Gasteiger partial charge in [-0.05, 0) is 0 Å². The summed E-state index contributed by atoms with van der Waals surface area (Å²) in [5.41, 5.74) is 0. The van der Waals surface area contributed by atoms with Gasteiger partial charge in [0.25, 0.3) is 0 Å². The molecule has 0 fully saturated rings. The lowest BCUT2D eigenvalue weighted by molar-refractivity contribution is 0.624. The van der Waals surface area contributed by atoms with E-state index in [2.05, 4.69) is 13.8 Å². The van der Waals surface area contributed by atoms with Crippen LogP contribution in [0.1, 0.15) is 52.4 Å². The Bertz CT molecular complexity index is 29.5. The highest BCUT2D eigenvalue weighted by atomic mass is 28.1. The van der Waals surface area contributed by atoms with E-state index in [1.807, 2.05) is 0 Å². The molecule has 4 radical (unpaired) electrons. The molecular weight excluding hydrogens is 124 g/mol. The van der Waals surface area contributed by atoms with E-state index >= 15 is 0 Å². The Kier molecular flexibility index (Phi) is 14.7. The second-order valence-corrected chi connectivity index (χ2v) is 2.41. The zero-order valence-corrected chi connectivity index (χ0v) is 7.74. The molecule has 0 N–H and O–H groups in total. The molecule has 0 saturated carbocycles. The van der Waals surface area contributed by atoms with Crippen molar-refractivity contribution in [2.75, 3.05) is 0 Å². The van der Waals surface area contributed by atoms with Crippen LogP contribution in [0.4, 0.5) is 0 Å². The summed E-state index contributed by atoms with van der Waals surface area (Å²) in [5.74, 6) is 0. The van der Waals surface area contributed by atoms with E-state index in [1.165, 1.54) is 38.5 Å². The van der Waals surface area contributed by atoms with Gasteiger partial charge < -0.3 is 0 Å². The predicted molar refractivity (Wildman–Crippen MR) is 44.8 cm³/mol. The van der Waals surface area contributed by atoms with E-state index in [0.717, 1.165) is 0 Å². The normalized spacial score (nSPS) is 8.67. The van der Waals surface area contributed by atoms with E-state index in [9.17, 15) is 0 Å². The highest BCUT2D eigenvalue weighted by Crippen LogP contribution is 2.03. The molecule has 54 valence electrons. The Morgan fingerprint density at radius 1 is 0.667 bits per heavy atom. The average Bonchev–Trinajstić information content (AvgIpc) is 1.81. The molecule has 0 saturated heterocycles. The summed E-state index contributed by atoms with van der Waals surface area (Å²) in [5, 5.41) is 0. The van der Waals surface area contributed by atoms with Gasteiger partial charge in [0.1, 0.15) is 0 Å². The topological polar surface area (TPSA) is 0 Å². The van der Waals surface area contributed by atoms with Crippen LogP contribution in [-0.4, -0.2) is 11.0 Å². The molecule has 0 atom stereocenters. The second-order valence-electron chi connectivity index (χ2n) is 2.41. The molecule has 0 aromatic rings. The van der Waals surface area contributed by atoms with Gasteiger partial charge in [0.15, 0.2) is 0 Å². The van der Waals surface area contributed by atoms with Gasteiger partial charge in [-0.1, -0.05) is 52.4 Å². The molecule has 0 bridgehead atoms. The summed E-state index contributed by atoms with van der Waals surface area (Å²) in [6, 6.07) is 0. The number of unbranched alkanes of at least 4 members (excludes halogenated alkanes) is 5. The lowest BCUT2D eigenvalue weighted by atomic mass is 10.1. The van der Waals surface area contributed by atoms with Crippen LogP contribution in [0, 0.1) is 0 Å². The van der Waals surface area contributed by atoms with Gasteiger partial charge in [-0.15, -0.1) is 0 Å². The van der Waals surface area contributed by atoms with E-state index < -0.39 is 0 Å². The lowest BCUT2D eigenvalue weighted by Crippen LogP contribution is -1.73. The molecule has 0 aliphatic carbocycles. The van der Waals surface area contributed by atoms with Crippen molar-refractivity contribution in [2.45, 2.75) is 52.4 Å². The maximum absolute atomic E-state index is 2.26. The van der Waals surface area contributed by atoms with E-state index in [-0.39, 0.29) is 11.0 Å². The van der Waals surface area contributed by atoms with Crippen LogP contribution in [0.25, 0.3) is 0 Å². The zero-order chi connectivity index (χ0) is 6.24. The fraction of sp³-hybridized carbons (Fsp3) is 1.00. The molecule has 0 aliphatic heterocycles. The first-order valence-corrected chi connectivity index (χ1v) is 3.91. The first-order chi connectivity index (χ1) is 3.91. The van der Waals surface area contributed by atoms with Gasteiger partial charge in [0.2, 0.25) is 0 Å². The molecule has 0 amide bonds. The number of hydrogen-bond acceptors (Lipinski definition) is 0. The molecule has 0 aliphatic rings. The summed E-state index contributed by atoms with van der Waals surface area (Å²) in [7, 11) is 0. The van der Waals surface area contributed by atoms with Crippen molar-refractivity contribution in [1.29, 1.82) is 0 Å². The quantitative estimate of drug-likeness (QED) is 0.409. The smallest absolute Gasteiger partial charge is 0 e. The molecule has 1 heteroatoms. The summed E-state index contributed by atoms with van der Waals surface area (Å²) >= 11 is 0. The van der Waals surface area contributed by atoms with Crippen LogP contribution in [0.15, 0.2) is 0 Å². The van der Waals surface area contributed by atoms with Gasteiger partial charge >= 0.3 is 0 Å². The molecule has 0 rings (SSSR count). The molecule has 0 aromatic carbocycles. The Balaban J connectivity index is 0. The van der Waals surface area contributed by atoms with Crippen molar-refractivity contribution in [3.8, 4) is 0 Å². The molecule has 0 spiro atoms. The average molecular weight is 142 g/mol. The first kappa shape index (κ1) is 11.9. The van der Waals surface area contributed by atoms with Crippen molar-refractivity contribution in [3.63, 3.8) is 0 Å². The minimum absolute atomic E-state index is 0. The fourth-order valence-electron chi connectivity index (χ4n) is 0.854. The molecule has 0 heterocycles. The SMILES string of the molecule is CCCCCCCC.[Si]. The van der Waals surface area contributed by atoms with Crippen LogP contribution < -0.4 is 0 Å². The van der Waals surface area contributed by atoms with Gasteiger partial charge in [0.05, 0.1) is 0 Å². The van der Waals surface area contributed by atoms with Crippen LogP contribution >= 0.6 is 0 Å². The van der Waals surface area contributed by atoms with Crippen LogP contribution in [0.2, 0.25) is 0 Å². The first-order valence-electron chi connectivity index (χ1n) is 3.91. The van der Waals surface area contributed by atoms with E-state index in [0.29, 0.717) is 0 Å². The second kappa shape index (κ2) is 11.1. The third-order valence-electron chi connectivity index (χ3n) is 1.46. The van der Waals surface area contributed by atoms with Crippen LogP contribution in [0.3, 0.4) is 0 Å². The van der Waals surface area contributed by atoms with Gasteiger partial charge in [-0.3, -0.25) is 0 Å².